The predicted molar refractivity (Wildman–Crippen MR) is 56.8 cm³/mol. The minimum Gasteiger partial charge on any atom is -0.525 e. The summed E-state index contributed by atoms with van der Waals surface area (Å²) in [5.41, 5.74) is 2.42. The zero-order valence-electron chi connectivity index (χ0n) is 8.34. The second-order valence-electron chi connectivity index (χ2n) is 3.65. The van der Waals surface area contributed by atoms with Crippen molar-refractivity contribution in [2.24, 2.45) is 5.92 Å². The molecule has 0 heterocycles. The van der Waals surface area contributed by atoms with Crippen molar-refractivity contribution in [3.63, 3.8) is 0 Å². The van der Waals surface area contributed by atoms with Crippen molar-refractivity contribution >= 4 is 11.6 Å². The van der Waals surface area contributed by atoms with E-state index in [9.17, 15) is 0 Å². The molecule has 1 rings (SSSR count). The highest BCUT2D eigenvalue weighted by Crippen LogP contribution is 2.35. The molecule has 1 aliphatic rings. The molecule has 13 heavy (non-hydrogen) atoms. The lowest BCUT2D eigenvalue weighted by Crippen LogP contribution is -2.08. The highest BCUT2D eigenvalue weighted by atomic mass is 35.5. The van der Waals surface area contributed by atoms with E-state index in [0.29, 0.717) is 11.7 Å². The van der Waals surface area contributed by atoms with Crippen molar-refractivity contribution in [3.8, 4) is 0 Å². The van der Waals surface area contributed by atoms with E-state index in [1.54, 1.807) is 13.0 Å². The van der Waals surface area contributed by atoms with Crippen molar-refractivity contribution in [1.29, 1.82) is 0 Å². The van der Waals surface area contributed by atoms with E-state index in [-0.39, 0.29) is 5.38 Å². The minimum absolute atomic E-state index is 0.168. The van der Waals surface area contributed by atoms with E-state index in [0.717, 1.165) is 12.0 Å². The molecule has 0 bridgehead atoms. The Bertz CT molecular complexity index is 247. The van der Waals surface area contributed by atoms with Crippen molar-refractivity contribution in [3.05, 3.63) is 29.4 Å². The van der Waals surface area contributed by atoms with Crippen LogP contribution in [0.15, 0.2) is 23.0 Å². The average Bonchev–Trinajstić information content (AvgIpc) is 2.32. The van der Waals surface area contributed by atoms with E-state index >= 15 is 0 Å². The van der Waals surface area contributed by atoms with Gasteiger partial charge in [0.15, 0.2) is 0 Å². The SMILES string of the molecule is CC1=C(/C=C(\C)O)[CH-]CC1C(C)Cl. The van der Waals surface area contributed by atoms with Crippen LogP contribution in [-0.2, 0) is 0 Å². The van der Waals surface area contributed by atoms with Crippen LogP contribution in [0.25, 0.3) is 0 Å². The van der Waals surface area contributed by atoms with Crippen molar-refractivity contribution in [1.82, 2.24) is 0 Å². The lowest BCUT2D eigenvalue weighted by Gasteiger charge is -2.18. The number of allylic oxidation sites excluding steroid dienone is 4. The molecule has 0 fully saturated rings. The summed E-state index contributed by atoms with van der Waals surface area (Å²) < 4.78 is 0. The van der Waals surface area contributed by atoms with Crippen LogP contribution < -0.4 is 0 Å². The van der Waals surface area contributed by atoms with E-state index in [4.69, 9.17) is 16.7 Å². The number of alkyl halides is 1. The first-order chi connectivity index (χ1) is 6.02. The normalized spacial score (nSPS) is 26.2. The molecule has 1 N–H and O–H groups in total. The predicted octanol–water partition coefficient (Wildman–Crippen LogP) is 3.62. The van der Waals surface area contributed by atoms with Crippen molar-refractivity contribution < 1.29 is 5.11 Å². The van der Waals surface area contributed by atoms with Gasteiger partial charge in [-0.2, -0.15) is 17.6 Å². The van der Waals surface area contributed by atoms with Crippen LogP contribution in [-0.4, -0.2) is 10.5 Å². The fourth-order valence-electron chi connectivity index (χ4n) is 1.74. The summed E-state index contributed by atoms with van der Waals surface area (Å²) in [6.07, 6.45) is 4.93. The molecule has 1 aliphatic carbocycles. The fraction of sp³-hybridized carbons (Fsp3) is 0.545. The van der Waals surface area contributed by atoms with Crippen LogP contribution >= 0.6 is 11.6 Å². The quantitative estimate of drug-likeness (QED) is 0.409. The Morgan fingerprint density at radius 3 is 2.77 bits per heavy atom. The van der Waals surface area contributed by atoms with E-state index in [2.05, 4.69) is 13.3 Å². The van der Waals surface area contributed by atoms with Gasteiger partial charge in [-0.3, -0.25) is 0 Å². The number of hydrogen-bond donors (Lipinski definition) is 1. The second kappa shape index (κ2) is 4.10. The molecular formula is C11H16ClO-. The zero-order valence-corrected chi connectivity index (χ0v) is 9.10. The maximum absolute atomic E-state index is 9.13. The highest BCUT2D eigenvalue weighted by Gasteiger charge is 2.17. The fourth-order valence-corrected chi connectivity index (χ4v) is 2.03. The third kappa shape index (κ3) is 2.44. The Hall–Kier alpha value is -0.560. The molecule has 2 heteroatoms. The first kappa shape index (κ1) is 10.5. The Labute approximate surface area is 85.1 Å². The number of aliphatic hydroxyl groups excluding tert-OH is 1. The molecule has 0 saturated heterocycles. The van der Waals surface area contributed by atoms with Crippen molar-refractivity contribution in [2.45, 2.75) is 32.6 Å². The smallest absolute Gasteiger partial charge is 0.0357 e. The van der Waals surface area contributed by atoms with Gasteiger partial charge in [-0.25, -0.2) is 0 Å². The summed E-state index contributed by atoms with van der Waals surface area (Å²) in [7, 11) is 0. The van der Waals surface area contributed by atoms with Crippen LogP contribution in [0.1, 0.15) is 27.2 Å². The van der Waals surface area contributed by atoms with Gasteiger partial charge in [0.1, 0.15) is 0 Å². The summed E-state index contributed by atoms with van der Waals surface area (Å²) in [5, 5.41) is 9.30. The Morgan fingerprint density at radius 2 is 2.38 bits per heavy atom. The molecule has 2 atom stereocenters. The van der Waals surface area contributed by atoms with Gasteiger partial charge in [-0.15, -0.1) is 17.7 Å². The summed E-state index contributed by atoms with van der Waals surface area (Å²) in [6, 6.07) is 0. The third-order valence-electron chi connectivity index (χ3n) is 2.52. The van der Waals surface area contributed by atoms with Crippen LogP contribution in [0.4, 0.5) is 0 Å². The van der Waals surface area contributed by atoms with Crippen LogP contribution in [0.3, 0.4) is 0 Å². The third-order valence-corrected chi connectivity index (χ3v) is 2.83. The molecule has 0 aromatic carbocycles. The zero-order chi connectivity index (χ0) is 10.0. The van der Waals surface area contributed by atoms with Gasteiger partial charge in [0.2, 0.25) is 0 Å². The number of halogens is 1. The van der Waals surface area contributed by atoms with Gasteiger partial charge >= 0.3 is 0 Å². The second-order valence-corrected chi connectivity index (χ2v) is 4.34. The monoisotopic (exact) mass is 199 g/mol. The summed E-state index contributed by atoms with van der Waals surface area (Å²) in [6.45, 7) is 5.79. The maximum Gasteiger partial charge on any atom is 0.0357 e. The van der Waals surface area contributed by atoms with E-state index < -0.39 is 0 Å². The molecule has 0 saturated carbocycles. The Kier molecular flexibility index (Phi) is 3.32. The van der Waals surface area contributed by atoms with Crippen LogP contribution in [0, 0.1) is 12.3 Å². The van der Waals surface area contributed by atoms with Gasteiger partial charge in [0.25, 0.3) is 0 Å². The number of aliphatic hydroxyl groups is 1. The average molecular weight is 200 g/mol. The highest BCUT2D eigenvalue weighted by molar-refractivity contribution is 6.20. The molecule has 0 radical (unpaired) electrons. The topological polar surface area (TPSA) is 20.2 Å². The van der Waals surface area contributed by atoms with E-state index in [1.165, 1.54) is 5.57 Å². The Morgan fingerprint density at radius 1 is 1.77 bits per heavy atom. The van der Waals surface area contributed by atoms with E-state index in [1.807, 2.05) is 6.92 Å². The molecule has 1 nitrogen and oxygen atoms in total. The molecule has 0 aliphatic heterocycles. The van der Waals surface area contributed by atoms with Gasteiger partial charge in [-0.05, 0) is 13.8 Å². The molecule has 0 aromatic heterocycles. The van der Waals surface area contributed by atoms with Gasteiger partial charge in [0, 0.05) is 11.1 Å². The standard InChI is InChI=1S/C11H16ClO/c1-7(13)6-10-4-5-11(8(10)2)9(3)12/h4,6,9,11,13H,5H2,1-3H3/q-1/b7-6+. The summed E-state index contributed by atoms with van der Waals surface area (Å²) in [4.78, 5) is 0. The van der Waals surface area contributed by atoms with Crippen LogP contribution in [0.2, 0.25) is 0 Å². The molecular weight excluding hydrogens is 184 g/mol. The maximum atomic E-state index is 9.13. The first-order valence-electron chi connectivity index (χ1n) is 4.57. The summed E-state index contributed by atoms with van der Waals surface area (Å²) in [5.74, 6) is 0.792. The lowest BCUT2D eigenvalue weighted by molar-refractivity contribution is 0.414. The molecule has 0 aromatic rings. The van der Waals surface area contributed by atoms with Crippen LogP contribution in [0.5, 0.6) is 0 Å². The minimum atomic E-state index is 0.168. The van der Waals surface area contributed by atoms with Gasteiger partial charge in [-0.1, -0.05) is 19.3 Å². The molecule has 2 unspecified atom stereocenters. The molecule has 0 spiro atoms. The summed E-state index contributed by atoms with van der Waals surface area (Å²) >= 11 is 6.04. The van der Waals surface area contributed by atoms with Gasteiger partial charge < -0.3 is 5.11 Å². The number of hydrogen-bond acceptors (Lipinski definition) is 1. The molecule has 0 amide bonds. The molecule has 74 valence electrons. The first-order valence-corrected chi connectivity index (χ1v) is 5.01. The van der Waals surface area contributed by atoms with Crippen molar-refractivity contribution in [2.75, 3.05) is 0 Å². The largest absolute Gasteiger partial charge is 0.525 e. The van der Waals surface area contributed by atoms with Gasteiger partial charge in [0.05, 0.1) is 0 Å². The lowest BCUT2D eigenvalue weighted by atomic mass is 9.99. The Balaban J connectivity index is 2.82. The number of rotatable bonds is 2.